The van der Waals surface area contributed by atoms with Gasteiger partial charge in [-0.25, -0.2) is 0 Å². The van der Waals surface area contributed by atoms with Gasteiger partial charge in [0.25, 0.3) is 0 Å². The molecule has 3 rings (SSSR count). The highest BCUT2D eigenvalue weighted by atomic mass is 16.6. The van der Waals surface area contributed by atoms with Gasteiger partial charge in [0.15, 0.2) is 5.75 Å². The van der Waals surface area contributed by atoms with Crippen molar-refractivity contribution in [1.82, 2.24) is 10.2 Å². The van der Waals surface area contributed by atoms with Crippen molar-refractivity contribution in [2.75, 3.05) is 26.2 Å². The van der Waals surface area contributed by atoms with Crippen molar-refractivity contribution in [3.05, 3.63) is 33.4 Å². The molecule has 0 spiro atoms. The van der Waals surface area contributed by atoms with Crippen molar-refractivity contribution >= 4 is 5.69 Å². The molecule has 0 radical (unpaired) electrons. The van der Waals surface area contributed by atoms with Crippen molar-refractivity contribution < 1.29 is 10.0 Å². The molecule has 0 bridgehead atoms. The Hall–Kier alpha value is -1.66. The highest BCUT2D eigenvalue weighted by molar-refractivity contribution is 5.57. The number of phenols is 1. The maximum Gasteiger partial charge on any atom is 0.313 e. The number of nitro benzene ring substituents is 1. The molecule has 6 heteroatoms. The van der Waals surface area contributed by atoms with Gasteiger partial charge in [0.2, 0.25) is 0 Å². The third-order valence-electron chi connectivity index (χ3n) is 5.28. The fraction of sp³-hybridized carbons (Fsp3) is 0.647. The average Bonchev–Trinajstić information content (AvgIpc) is 3.05. The molecule has 2 fully saturated rings. The Morgan fingerprint density at radius 2 is 1.96 bits per heavy atom. The predicted octanol–water partition coefficient (Wildman–Crippen LogP) is 2.75. The topological polar surface area (TPSA) is 78.6 Å². The summed E-state index contributed by atoms with van der Waals surface area (Å²) < 4.78 is 0. The average molecular weight is 319 g/mol. The Morgan fingerprint density at radius 1 is 1.30 bits per heavy atom. The van der Waals surface area contributed by atoms with Crippen molar-refractivity contribution in [3.8, 4) is 5.75 Å². The van der Waals surface area contributed by atoms with E-state index < -0.39 is 4.92 Å². The van der Waals surface area contributed by atoms with Crippen LogP contribution in [0.1, 0.15) is 42.9 Å². The quantitative estimate of drug-likeness (QED) is 0.659. The summed E-state index contributed by atoms with van der Waals surface area (Å²) >= 11 is 0. The summed E-state index contributed by atoms with van der Waals surface area (Å²) in [7, 11) is 0. The van der Waals surface area contributed by atoms with Gasteiger partial charge in [-0.15, -0.1) is 0 Å². The lowest BCUT2D eigenvalue weighted by Crippen LogP contribution is -2.46. The van der Waals surface area contributed by atoms with Crippen LogP contribution in [0.2, 0.25) is 0 Å². The number of piperazine rings is 1. The van der Waals surface area contributed by atoms with Gasteiger partial charge < -0.3 is 10.4 Å². The number of hydrogen-bond donors (Lipinski definition) is 2. The number of benzene rings is 1. The summed E-state index contributed by atoms with van der Waals surface area (Å²) in [5.74, 6) is 0.340. The first-order valence-corrected chi connectivity index (χ1v) is 8.51. The van der Waals surface area contributed by atoms with E-state index in [0.717, 1.165) is 44.6 Å². The number of nitrogens with zero attached hydrogens (tertiary/aromatic N) is 2. The molecule has 1 heterocycles. The molecule has 126 valence electrons. The molecule has 0 aromatic heterocycles. The zero-order valence-corrected chi connectivity index (χ0v) is 13.6. The minimum Gasteiger partial charge on any atom is -0.502 e. The molecule has 2 N–H and O–H groups in total. The van der Waals surface area contributed by atoms with Gasteiger partial charge in [-0.2, -0.15) is 0 Å². The zero-order valence-electron chi connectivity index (χ0n) is 13.6. The van der Waals surface area contributed by atoms with Crippen LogP contribution in [-0.4, -0.2) is 41.1 Å². The SMILES string of the molecule is Cc1ccc([C@H](C2CCCC2)N2CCNCC2)c(O)c1[N+](=O)[O-]. The number of hydrogen-bond acceptors (Lipinski definition) is 5. The first-order chi connectivity index (χ1) is 11.1. The number of nitrogens with one attached hydrogen (secondary N) is 1. The van der Waals surface area contributed by atoms with E-state index in [1.54, 1.807) is 13.0 Å². The predicted molar refractivity (Wildman–Crippen MR) is 88.6 cm³/mol. The Bertz CT molecular complexity index is 579. The van der Waals surface area contributed by atoms with E-state index in [2.05, 4.69) is 10.2 Å². The van der Waals surface area contributed by atoms with Crippen molar-refractivity contribution in [3.63, 3.8) is 0 Å². The van der Waals surface area contributed by atoms with Gasteiger partial charge in [-0.1, -0.05) is 25.0 Å². The first kappa shape index (κ1) is 16.2. The Kier molecular flexibility index (Phi) is 4.82. The molecule has 6 nitrogen and oxygen atoms in total. The molecule has 1 aliphatic heterocycles. The number of nitro groups is 1. The second-order valence-corrected chi connectivity index (χ2v) is 6.70. The van der Waals surface area contributed by atoms with E-state index in [1.165, 1.54) is 12.8 Å². The molecule has 0 unspecified atom stereocenters. The fourth-order valence-corrected chi connectivity index (χ4v) is 4.15. The second kappa shape index (κ2) is 6.84. The summed E-state index contributed by atoms with van der Waals surface area (Å²) in [6.45, 7) is 5.37. The number of aryl methyl sites for hydroxylation is 1. The maximum absolute atomic E-state index is 11.3. The van der Waals surface area contributed by atoms with Crippen LogP contribution in [0.15, 0.2) is 12.1 Å². The van der Waals surface area contributed by atoms with Crippen LogP contribution in [0.25, 0.3) is 0 Å². The highest BCUT2D eigenvalue weighted by Gasteiger charge is 2.35. The second-order valence-electron chi connectivity index (χ2n) is 6.70. The van der Waals surface area contributed by atoms with E-state index in [1.807, 2.05) is 6.07 Å². The third kappa shape index (κ3) is 3.19. The lowest BCUT2D eigenvalue weighted by molar-refractivity contribution is -0.386. The van der Waals surface area contributed by atoms with E-state index in [-0.39, 0.29) is 17.5 Å². The summed E-state index contributed by atoms with van der Waals surface area (Å²) in [6, 6.07) is 3.75. The van der Waals surface area contributed by atoms with Crippen molar-refractivity contribution in [2.24, 2.45) is 5.92 Å². The molecule has 1 saturated carbocycles. The summed E-state index contributed by atoms with van der Waals surface area (Å²) in [5, 5.41) is 25.3. The van der Waals surface area contributed by atoms with Crippen LogP contribution in [0.4, 0.5) is 5.69 Å². The minimum absolute atomic E-state index is 0.0823. The number of rotatable bonds is 4. The molecule has 1 aromatic rings. The smallest absolute Gasteiger partial charge is 0.313 e. The van der Waals surface area contributed by atoms with Crippen LogP contribution in [0.5, 0.6) is 5.75 Å². The summed E-state index contributed by atoms with van der Waals surface area (Å²) in [4.78, 5) is 13.3. The van der Waals surface area contributed by atoms with Gasteiger partial charge in [0.1, 0.15) is 0 Å². The van der Waals surface area contributed by atoms with Crippen LogP contribution in [0.3, 0.4) is 0 Å². The maximum atomic E-state index is 11.3. The number of phenolic OH excluding ortho intramolecular Hbond substituents is 1. The summed E-state index contributed by atoms with van der Waals surface area (Å²) in [6.07, 6.45) is 4.69. The Morgan fingerprint density at radius 3 is 2.57 bits per heavy atom. The van der Waals surface area contributed by atoms with Crippen LogP contribution in [-0.2, 0) is 0 Å². The molecule has 1 aromatic carbocycles. The normalized spacial score (nSPS) is 21.4. The monoisotopic (exact) mass is 319 g/mol. The molecular weight excluding hydrogens is 294 g/mol. The van der Waals surface area contributed by atoms with Crippen LogP contribution >= 0.6 is 0 Å². The molecule has 23 heavy (non-hydrogen) atoms. The van der Waals surface area contributed by atoms with E-state index >= 15 is 0 Å². The lowest BCUT2D eigenvalue weighted by atomic mass is 9.88. The third-order valence-corrected chi connectivity index (χ3v) is 5.28. The van der Waals surface area contributed by atoms with Gasteiger partial charge in [-0.05, 0) is 25.7 Å². The van der Waals surface area contributed by atoms with Crippen LogP contribution in [0, 0.1) is 23.0 Å². The van der Waals surface area contributed by atoms with E-state index in [4.69, 9.17) is 0 Å². The fourth-order valence-electron chi connectivity index (χ4n) is 4.15. The van der Waals surface area contributed by atoms with Gasteiger partial charge in [-0.3, -0.25) is 15.0 Å². The Labute approximate surface area is 136 Å². The molecule has 0 amide bonds. The number of aromatic hydroxyl groups is 1. The molecule has 1 aliphatic carbocycles. The van der Waals surface area contributed by atoms with E-state index in [9.17, 15) is 15.2 Å². The largest absolute Gasteiger partial charge is 0.502 e. The lowest BCUT2D eigenvalue weighted by Gasteiger charge is -2.38. The standard InChI is InChI=1S/C17H25N3O3/c1-12-6-7-14(17(21)15(12)20(22)23)16(13-4-2-3-5-13)19-10-8-18-9-11-19/h6-7,13,16,18,21H,2-5,8-11H2,1H3/t16-/m0/s1. The van der Waals surface area contributed by atoms with Crippen LogP contribution < -0.4 is 5.32 Å². The zero-order chi connectivity index (χ0) is 16.4. The molecular formula is C17H25N3O3. The summed E-state index contributed by atoms with van der Waals surface area (Å²) in [5.41, 5.74) is 1.11. The Balaban J connectivity index is 2.02. The minimum atomic E-state index is -0.461. The van der Waals surface area contributed by atoms with Gasteiger partial charge in [0.05, 0.1) is 4.92 Å². The first-order valence-electron chi connectivity index (χ1n) is 8.51. The van der Waals surface area contributed by atoms with E-state index in [0.29, 0.717) is 11.5 Å². The highest BCUT2D eigenvalue weighted by Crippen LogP contribution is 2.45. The van der Waals surface area contributed by atoms with Crippen molar-refractivity contribution in [1.29, 1.82) is 0 Å². The van der Waals surface area contributed by atoms with Crippen molar-refractivity contribution in [2.45, 2.75) is 38.6 Å². The van der Waals surface area contributed by atoms with Gasteiger partial charge >= 0.3 is 5.69 Å². The molecule has 2 aliphatic rings. The molecule has 1 atom stereocenters. The molecule has 1 saturated heterocycles. The van der Waals surface area contributed by atoms with Gasteiger partial charge in [0, 0.05) is 43.3 Å².